The van der Waals surface area contributed by atoms with E-state index in [1.54, 1.807) is 6.07 Å². The van der Waals surface area contributed by atoms with Gasteiger partial charge in [0.25, 0.3) is 0 Å². The first-order chi connectivity index (χ1) is 5.27. The predicted octanol–water partition coefficient (Wildman–Crippen LogP) is 0.950. The number of aromatic nitrogens is 2. The summed E-state index contributed by atoms with van der Waals surface area (Å²) in [6, 6.07) is 1.73. The number of halogens is 2. The molecule has 0 unspecified atom stereocenters. The van der Waals surface area contributed by atoms with E-state index in [4.69, 9.17) is 5.11 Å². The van der Waals surface area contributed by atoms with Crippen LogP contribution in [-0.2, 0) is 13.2 Å². The number of alkyl halides is 1. The van der Waals surface area contributed by atoms with Gasteiger partial charge < -0.3 is 5.11 Å². The zero-order valence-electron chi connectivity index (χ0n) is 5.80. The molecule has 1 N–H and O–H groups in total. The molecule has 62 valence electrons. The van der Waals surface area contributed by atoms with Crippen molar-refractivity contribution < 1.29 is 9.50 Å². The van der Waals surface area contributed by atoms with Gasteiger partial charge in [-0.1, -0.05) is 0 Å². The van der Waals surface area contributed by atoms with E-state index in [1.165, 1.54) is 4.68 Å². The molecule has 1 aromatic heterocycles. The van der Waals surface area contributed by atoms with Crippen molar-refractivity contribution in [3.8, 4) is 0 Å². The number of aryl methyl sites for hydroxylation is 1. The van der Waals surface area contributed by atoms with Gasteiger partial charge in [-0.15, -0.1) is 0 Å². The molecule has 0 radical (unpaired) electrons. The van der Waals surface area contributed by atoms with Crippen LogP contribution in [0.5, 0.6) is 0 Å². The van der Waals surface area contributed by atoms with E-state index in [2.05, 4.69) is 27.7 Å². The van der Waals surface area contributed by atoms with E-state index < -0.39 is 6.67 Å². The fourth-order valence-corrected chi connectivity index (χ4v) is 1.47. The third-order valence-electron chi connectivity index (χ3n) is 1.24. The van der Waals surface area contributed by atoms with Crippen molar-refractivity contribution in [2.24, 2.45) is 0 Å². The summed E-state index contributed by atoms with van der Waals surface area (Å²) in [5, 5.41) is 12.6. The van der Waals surface area contributed by atoms with Crippen LogP contribution in [0.15, 0.2) is 6.07 Å². The third-order valence-corrected chi connectivity index (χ3v) is 2.11. The number of hydrogen-bond donors (Lipinski definition) is 1. The summed E-state index contributed by atoms with van der Waals surface area (Å²) in [6.45, 7) is -0.254. The Bertz CT molecular complexity index is 238. The lowest BCUT2D eigenvalue weighted by Crippen LogP contribution is -2.03. The molecule has 0 bridgehead atoms. The minimum absolute atomic E-state index is 0.0880. The zero-order valence-corrected chi connectivity index (χ0v) is 7.95. The summed E-state index contributed by atoms with van der Waals surface area (Å²) in [4.78, 5) is 0. The van der Waals surface area contributed by atoms with Crippen LogP contribution < -0.4 is 0 Å². The standard InChI is InChI=1S/C6H8FIN2O/c7-1-2-10-6(8)3-5(4-11)9-10/h3,11H,1-2,4H2. The Hall–Kier alpha value is -0.170. The van der Waals surface area contributed by atoms with Gasteiger partial charge in [-0.25, -0.2) is 4.39 Å². The lowest BCUT2D eigenvalue weighted by Gasteiger charge is -1.96. The first kappa shape index (κ1) is 8.92. The number of hydrogen-bond acceptors (Lipinski definition) is 2. The summed E-state index contributed by atoms with van der Waals surface area (Å²) in [7, 11) is 0. The van der Waals surface area contributed by atoms with Gasteiger partial charge in [-0.2, -0.15) is 5.10 Å². The SMILES string of the molecule is OCc1cc(I)n(CCF)n1. The van der Waals surface area contributed by atoms with Gasteiger partial charge in [0.05, 0.1) is 22.5 Å². The van der Waals surface area contributed by atoms with Crippen LogP contribution in [-0.4, -0.2) is 21.6 Å². The van der Waals surface area contributed by atoms with Crippen LogP contribution in [0.3, 0.4) is 0 Å². The van der Waals surface area contributed by atoms with E-state index in [0.29, 0.717) is 5.69 Å². The smallest absolute Gasteiger partial charge is 0.109 e. The first-order valence-electron chi connectivity index (χ1n) is 3.17. The zero-order chi connectivity index (χ0) is 8.27. The van der Waals surface area contributed by atoms with Crippen molar-refractivity contribution in [1.82, 2.24) is 9.78 Å². The molecular formula is C6H8FIN2O. The monoisotopic (exact) mass is 270 g/mol. The Morgan fingerprint density at radius 2 is 2.45 bits per heavy atom. The summed E-state index contributed by atoms with van der Waals surface area (Å²) in [5.74, 6) is 0. The molecular weight excluding hydrogens is 262 g/mol. The second kappa shape index (κ2) is 4.01. The van der Waals surface area contributed by atoms with Crippen molar-refractivity contribution in [2.45, 2.75) is 13.2 Å². The highest BCUT2D eigenvalue weighted by atomic mass is 127. The topological polar surface area (TPSA) is 38.0 Å². The molecule has 5 heteroatoms. The molecule has 0 atom stereocenters. The maximum atomic E-state index is 11.8. The Balaban J connectivity index is 2.79. The molecule has 0 fully saturated rings. The fraction of sp³-hybridized carbons (Fsp3) is 0.500. The van der Waals surface area contributed by atoms with Crippen LogP contribution in [0, 0.1) is 3.70 Å². The van der Waals surface area contributed by atoms with Gasteiger partial charge in [0.2, 0.25) is 0 Å². The highest BCUT2D eigenvalue weighted by Gasteiger charge is 2.02. The molecule has 1 heterocycles. The van der Waals surface area contributed by atoms with Crippen LogP contribution >= 0.6 is 22.6 Å². The van der Waals surface area contributed by atoms with Crippen molar-refractivity contribution >= 4 is 22.6 Å². The number of aliphatic hydroxyl groups is 1. The fourth-order valence-electron chi connectivity index (χ4n) is 0.758. The van der Waals surface area contributed by atoms with E-state index in [-0.39, 0.29) is 13.2 Å². The molecule has 0 saturated carbocycles. The highest BCUT2D eigenvalue weighted by Crippen LogP contribution is 2.07. The number of nitrogens with zero attached hydrogens (tertiary/aromatic N) is 2. The van der Waals surface area contributed by atoms with Crippen molar-refractivity contribution in [2.75, 3.05) is 6.67 Å². The average molecular weight is 270 g/mol. The maximum absolute atomic E-state index is 11.8. The minimum Gasteiger partial charge on any atom is -0.390 e. The molecule has 0 amide bonds. The highest BCUT2D eigenvalue weighted by molar-refractivity contribution is 14.1. The molecule has 0 aromatic carbocycles. The Kier molecular flexibility index (Phi) is 3.25. The van der Waals surface area contributed by atoms with Gasteiger partial charge >= 0.3 is 0 Å². The second-order valence-electron chi connectivity index (χ2n) is 2.03. The van der Waals surface area contributed by atoms with Gasteiger partial charge in [0.15, 0.2) is 0 Å². The van der Waals surface area contributed by atoms with Gasteiger partial charge in [-0.3, -0.25) is 4.68 Å². The molecule has 1 rings (SSSR count). The molecule has 0 aliphatic carbocycles. The van der Waals surface area contributed by atoms with E-state index >= 15 is 0 Å². The summed E-state index contributed by atoms with van der Waals surface area (Å²) in [5.41, 5.74) is 0.586. The predicted molar refractivity (Wildman–Crippen MR) is 46.8 cm³/mol. The van der Waals surface area contributed by atoms with Gasteiger partial charge in [-0.05, 0) is 28.7 Å². The summed E-state index contributed by atoms with van der Waals surface area (Å²) < 4.78 is 14.2. The quantitative estimate of drug-likeness (QED) is 0.830. The van der Waals surface area contributed by atoms with Crippen LogP contribution in [0.4, 0.5) is 4.39 Å². The summed E-state index contributed by atoms with van der Waals surface area (Å²) >= 11 is 2.05. The van der Waals surface area contributed by atoms with Crippen LogP contribution in [0.2, 0.25) is 0 Å². The first-order valence-corrected chi connectivity index (χ1v) is 4.25. The average Bonchev–Trinajstić information content (AvgIpc) is 2.33. The maximum Gasteiger partial charge on any atom is 0.109 e. The van der Waals surface area contributed by atoms with Crippen molar-refractivity contribution in [3.63, 3.8) is 0 Å². The molecule has 0 saturated heterocycles. The third kappa shape index (κ3) is 2.13. The second-order valence-corrected chi connectivity index (χ2v) is 3.13. The van der Waals surface area contributed by atoms with Gasteiger partial charge in [0, 0.05) is 0 Å². The Labute approximate surface area is 77.4 Å². The minimum atomic E-state index is -0.428. The van der Waals surface area contributed by atoms with Crippen LogP contribution in [0.25, 0.3) is 0 Å². The van der Waals surface area contributed by atoms with Gasteiger partial charge in [0.1, 0.15) is 6.67 Å². The van der Waals surface area contributed by atoms with Crippen molar-refractivity contribution in [1.29, 1.82) is 0 Å². The van der Waals surface area contributed by atoms with Crippen molar-refractivity contribution in [3.05, 3.63) is 15.5 Å². The Morgan fingerprint density at radius 1 is 1.73 bits per heavy atom. The van der Waals surface area contributed by atoms with E-state index in [1.807, 2.05) is 0 Å². The van der Waals surface area contributed by atoms with E-state index in [9.17, 15) is 4.39 Å². The number of aliphatic hydroxyl groups excluding tert-OH is 1. The Morgan fingerprint density at radius 3 is 2.91 bits per heavy atom. The number of rotatable bonds is 3. The van der Waals surface area contributed by atoms with Crippen LogP contribution in [0.1, 0.15) is 5.69 Å². The lowest BCUT2D eigenvalue weighted by atomic mass is 10.5. The largest absolute Gasteiger partial charge is 0.390 e. The summed E-state index contributed by atoms with van der Waals surface area (Å²) in [6.07, 6.45) is 0. The molecule has 1 aromatic rings. The molecule has 3 nitrogen and oxygen atoms in total. The molecule has 0 aliphatic rings. The molecule has 0 spiro atoms. The lowest BCUT2D eigenvalue weighted by molar-refractivity contribution is 0.274. The normalized spacial score (nSPS) is 10.5. The molecule has 11 heavy (non-hydrogen) atoms. The molecule has 0 aliphatic heterocycles. The van der Waals surface area contributed by atoms with E-state index in [0.717, 1.165) is 3.70 Å².